The fourth-order valence-electron chi connectivity index (χ4n) is 3.31. The van der Waals surface area contributed by atoms with Crippen LogP contribution in [0.5, 0.6) is 0 Å². The topological polar surface area (TPSA) is 73.9 Å². The molecular weight excluding hydrogens is 314 g/mol. The minimum Gasteiger partial charge on any atom is -0.342 e. The summed E-state index contributed by atoms with van der Waals surface area (Å²) in [4.78, 5) is 26.3. The fraction of sp³-hybridized carbons (Fsp3) is 0.316. The van der Waals surface area contributed by atoms with E-state index in [9.17, 15) is 4.79 Å². The summed E-state index contributed by atoms with van der Waals surface area (Å²) in [6.45, 7) is 2.04. The number of fused-ring (bicyclic) bond motifs is 1. The predicted molar refractivity (Wildman–Crippen MR) is 96.1 cm³/mol. The molecule has 2 N–H and O–H groups in total. The van der Waals surface area contributed by atoms with Gasteiger partial charge in [-0.1, -0.05) is 12.1 Å². The van der Waals surface area contributed by atoms with Crippen LogP contribution in [0.4, 0.5) is 4.79 Å². The molecule has 0 bridgehead atoms. The Morgan fingerprint density at radius 2 is 1.92 bits per heavy atom. The fourth-order valence-corrected chi connectivity index (χ4v) is 3.31. The number of amides is 2. The van der Waals surface area contributed by atoms with Crippen molar-refractivity contribution in [3.63, 3.8) is 0 Å². The first-order valence-corrected chi connectivity index (χ1v) is 8.66. The zero-order valence-corrected chi connectivity index (χ0v) is 14.0. The van der Waals surface area contributed by atoms with E-state index in [4.69, 9.17) is 4.98 Å². The van der Waals surface area contributed by atoms with Gasteiger partial charge in [0.2, 0.25) is 0 Å². The maximum Gasteiger partial charge on any atom is 0.317 e. The van der Waals surface area contributed by atoms with Crippen molar-refractivity contribution in [1.29, 1.82) is 0 Å². The first-order valence-electron chi connectivity index (χ1n) is 8.66. The molecule has 0 saturated carbocycles. The Kier molecular flexibility index (Phi) is 4.33. The van der Waals surface area contributed by atoms with Crippen LogP contribution in [0, 0.1) is 0 Å². The minimum absolute atomic E-state index is 0.000122. The number of pyridine rings is 1. The van der Waals surface area contributed by atoms with Gasteiger partial charge in [-0.25, -0.2) is 9.78 Å². The normalized spacial score (nSPS) is 15.4. The summed E-state index contributed by atoms with van der Waals surface area (Å²) < 4.78 is 0. The van der Waals surface area contributed by atoms with Gasteiger partial charge in [0.05, 0.1) is 11.0 Å². The molecule has 1 fully saturated rings. The van der Waals surface area contributed by atoms with Crippen molar-refractivity contribution in [2.75, 3.05) is 13.1 Å². The van der Waals surface area contributed by atoms with Gasteiger partial charge in [-0.3, -0.25) is 4.98 Å². The SMILES string of the molecule is O=C(NCc1ccncc1)N1CCC(c2nc3ccccc3[nH]2)CC1. The lowest BCUT2D eigenvalue weighted by molar-refractivity contribution is 0.180. The molecule has 25 heavy (non-hydrogen) atoms. The van der Waals surface area contributed by atoms with Gasteiger partial charge >= 0.3 is 6.03 Å². The van der Waals surface area contributed by atoms with E-state index < -0.39 is 0 Å². The number of hydrogen-bond donors (Lipinski definition) is 2. The third kappa shape index (κ3) is 3.47. The van der Waals surface area contributed by atoms with Crippen LogP contribution in [0.15, 0.2) is 48.8 Å². The number of H-pyrrole nitrogens is 1. The average Bonchev–Trinajstić information content (AvgIpc) is 3.11. The molecule has 3 aromatic rings. The van der Waals surface area contributed by atoms with E-state index in [1.54, 1.807) is 12.4 Å². The summed E-state index contributed by atoms with van der Waals surface area (Å²) in [7, 11) is 0. The van der Waals surface area contributed by atoms with Crippen LogP contribution in [0.2, 0.25) is 0 Å². The van der Waals surface area contributed by atoms with Crippen molar-refractivity contribution in [2.24, 2.45) is 0 Å². The molecular formula is C19H21N5O. The van der Waals surface area contributed by atoms with E-state index in [1.165, 1.54) is 0 Å². The molecule has 6 heteroatoms. The monoisotopic (exact) mass is 335 g/mol. The number of carbonyl (C=O) groups excluding carboxylic acids is 1. The highest BCUT2D eigenvalue weighted by Gasteiger charge is 2.25. The van der Waals surface area contributed by atoms with Gasteiger partial charge < -0.3 is 15.2 Å². The average molecular weight is 335 g/mol. The van der Waals surface area contributed by atoms with Crippen LogP contribution in [0.1, 0.15) is 30.1 Å². The van der Waals surface area contributed by atoms with E-state index in [-0.39, 0.29) is 6.03 Å². The molecule has 0 radical (unpaired) electrons. The van der Waals surface area contributed by atoms with Crippen LogP contribution < -0.4 is 5.32 Å². The maximum atomic E-state index is 12.3. The number of nitrogens with zero attached hydrogens (tertiary/aromatic N) is 3. The molecule has 4 rings (SSSR count). The lowest BCUT2D eigenvalue weighted by Gasteiger charge is -2.31. The van der Waals surface area contributed by atoms with E-state index in [0.29, 0.717) is 12.5 Å². The van der Waals surface area contributed by atoms with E-state index in [0.717, 1.165) is 48.4 Å². The number of urea groups is 1. The van der Waals surface area contributed by atoms with Crippen LogP contribution in [-0.2, 0) is 6.54 Å². The number of para-hydroxylation sites is 2. The number of imidazole rings is 1. The van der Waals surface area contributed by atoms with Gasteiger partial charge in [-0.2, -0.15) is 0 Å². The smallest absolute Gasteiger partial charge is 0.317 e. The van der Waals surface area contributed by atoms with Crippen LogP contribution >= 0.6 is 0 Å². The number of aromatic nitrogens is 3. The Hall–Kier alpha value is -2.89. The lowest BCUT2D eigenvalue weighted by Crippen LogP contribution is -2.43. The van der Waals surface area contributed by atoms with E-state index >= 15 is 0 Å². The second-order valence-corrected chi connectivity index (χ2v) is 6.41. The van der Waals surface area contributed by atoms with Crippen LogP contribution in [0.3, 0.4) is 0 Å². The van der Waals surface area contributed by atoms with Crippen molar-refractivity contribution in [2.45, 2.75) is 25.3 Å². The first kappa shape index (κ1) is 15.6. The van der Waals surface area contributed by atoms with Crippen molar-refractivity contribution >= 4 is 17.1 Å². The molecule has 0 atom stereocenters. The number of rotatable bonds is 3. The number of likely N-dealkylation sites (tertiary alicyclic amines) is 1. The Balaban J connectivity index is 1.32. The van der Waals surface area contributed by atoms with Gasteiger partial charge in [-0.15, -0.1) is 0 Å². The molecule has 0 unspecified atom stereocenters. The quantitative estimate of drug-likeness (QED) is 0.772. The highest BCUT2D eigenvalue weighted by molar-refractivity contribution is 5.75. The number of aromatic amines is 1. The van der Waals surface area contributed by atoms with Gasteiger partial charge in [0, 0.05) is 37.9 Å². The van der Waals surface area contributed by atoms with Crippen molar-refractivity contribution in [3.8, 4) is 0 Å². The molecule has 128 valence electrons. The molecule has 2 amide bonds. The highest BCUT2D eigenvalue weighted by Crippen LogP contribution is 2.27. The largest absolute Gasteiger partial charge is 0.342 e. The molecule has 6 nitrogen and oxygen atoms in total. The summed E-state index contributed by atoms with van der Waals surface area (Å²) in [6, 6.07) is 11.9. The van der Waals surface area contributed by atoms with E-state index in [1.807, 2.05) is 41.3 Å². The van der Waals surface area contributed by atoms with Gasteiger partial charge in [0.1, 0.15) is 5.82 Å². The third-order valence-corrected chi connectivity index (χ3v) is 4.77. The Labute approximate surface area is 146 Å². The number of piperidine rings is 1. The lowest BCUT2D eigenvalue weighted by atomic mass is 9.96. The van der Waals surface area contributed by atoms with Crippen LogP contribution in [-0.4, -0.2) is 39.0 Å². The Morgan fingerprint density at radius 1 is 1.16 bits per heavy atom. The molecule has 1 saturated heterocycles. The second-order valence-electron chi connectivity index (χ2n) is 6.41. The molecule has 1 aliphatic rings. The molecule has 0 aliphatic carbocycles. The first-order chi connectivity index (χ1) is 12.3. The van der Waals surface area contributed by atoms with Crippen molar-refractivity contribution < 1.29 is 4.79 Å². The van der Waals surface area contributed by atoms with Crippen molar-refractivity contribution in [3.05, 3.63) is 60.2 Å². The van der Waals surface area contributed by atoms with Gasteiger partial charge in [0.25, 0.3) is 0 Å². The second kappa shape index (κ2) is 6.93. The van der Waals surface area contributed by atoms with Crippen molar-refractivity contribution in [1.82, 2.24) is 25.2 Å². The summed E-state index contributed by atoms with van der Waals surface area (Å²) in [5, 5.41) is 2.98. The number of benzene rings is 1. The minimum atomic E-state index is -0.000122. The van der Waals surface area contributed by atoms with E-state index in [2.05, 4.69) is 15.3 Å². The Bertz CT molecular complexity index is 819. The maximum absolute atomic E-state index is 12.3. The van der Waals surface area contributed by atoms with Crippen LogP contribution in [0.25, 0.3) is 11.0 Å². The molecule has 1 aliphatic heterocycles. The standard InChI is InChI=1S/C19H21N5O/c25-19(21-13-14-5-9-20-10-6-14)24-11-7-15(8-12-24)18-22-16-3-1-2-4-17(16)23-18/h1-6,9-10,15H,7-8,11-13H2,(H,21,25)(H,22,23). The number of carbonyl (C=O) groups is 1. The molecule has 2 aromatic heterocycles. The number of hydrogen-bond acceptors (Lipinski definition) is 3. The summed E-state index contributed by atoms with van der Waals surface area (Å²) in [5.41, 5.74) is 3.14. The Morgan fingerprint density at radius 3 is 2.68 bits per heavy atom. The zero-order chi connectivity index (χ0) is 17.1. The summed E-state index contributed by atoms with van der Waals surface area (Å²) in [5.74, 6) is 1.43. The molecule has 1 aromatic carbocycles. The molecule has 3 heterocycles. The van der Waals surface area contributed by atoms with Gasteiger partial charge in [0.15, 0.2) is 0 Å². The molecule has 0 spiro atoms. The highest BCUT2D eigenvalue weighted by atomic mass is 16.2. The third-order valence-electron chi connectivity index (χ3n) is 4.77. The van der Waals surface area contributed by atoms with Gasteiger partial charge in [-0.05, 0) is 42.7 Å². The predicted octanol–water partition coefficient (Wildman–Crippen LogP) is 3.05. The number of nitrogens with one attached hydrogen (secondary N) is 2. The zero-order valence-electron chi connectivity index (χ0n) is 14.0. The summed E-state index contributed by atoms with van der Waals surface area (Å²) >= 11 is 0. The summed E-state index contributed by atoms with van der Waals surface area (Å²) in [6.07, 6.45) is 5.34.